The number of para-hydroxylation sites is 2. The van der Waals surface area contributed by atoms with Crippen LogP contribution in [0.1, 0.15) is 11.1 Å². The molecule has 0 bridgehead atoms. The van der Waals surface area contributed by atoms with E-state index in [1.54, 1.807) is 42.5 Å². The number of carbonyl (C=O) groups is 2. The van der Waals surface area contributed by atoms with E-state index in [9.17, 15) is 18.0 Å². The highest BCUT2D eigenvalue weighted by atomic mass is 35.5. The summed E-state index contributed by atoms with van der Waals surface area (Å²) in [6.45, 7) is -0.276. The average Bonchev–Trinajstić information content (AvgIpc) is 2.88. The lowest BCUT2D eigenvalue weighted by atomic mass is 10.1. The van der Waals surface area contributed by atoms with E-state index in [0.29, 0.717) is 28.6 Å². The number of fused-ring (bicyclic) bond motifs is 1. The van der Waals surface area contributed by atoms with Crippen LogP contribution >= 0.6 is 23.2 Å². The second-order valence-corrected chi connectivity index (χ2v) is 11.4. The van der Waals surface area contributed by atoms with Gasteiger partial charge in [0.2, 0.25) is 15.9 Å². The van der Waals surface area contributed by atoms with Gasteiger partial charge in [0.15, 0.2) is 6.10 Å². The number of halogens is 2. The Balaban J connectivity index is 1.52. The number of hydrogen-bond acceptors (Lipinski definition) is 5. The molecular formula is C26H25Cl2N3O5S. The largest absolute Gasteiger partial charge is 0.477 e. The van der Waals surface area contributed by atoms with Gasteiger partial charge in [-0.3, -0.25) is 9.59 Å². The lowest BCUT2D eigenvalue weighted by Gasteiger charge is -2.35. The molecule has 0 radical (unpaired) electrons. The van der Waals surface area contributed by atoms with Gasteiger partial charge in [-0.15, -0.1) is 0 Å². The molecule has 2 amide bonds. The predicted octanol–water partition coefficient (Wildman–Crippen LogP) is 3.87. The van der Waals surface area contributed by atoms with Crippen LogP contribution in [-0.2, 0) is 32.7 Å². The maximum atomic E-state index is 13.5. The fourth-order valence-corrected chi connectivity index (χ4v) is 4.92. The highest BCUT2D eigenvalue weighted by Crippen LogP contribution is 2.33. The van der Waals surface area contributed by atoms with Crippen LogP contribution in [0, 0.1) is 0 Å². The number of hydrogen-bond donors (Lipinski definition) is 1. The third kappa shape index (κ3) is 6.81. The van der Waals surface area contributed by atoms with E-state index in [1.165, 1.54) is 4.90 Å². The highest BCUT2D eigenvalue weighted by Gasteiger charge is 2.35. The number of ether oxygens (including phenoxy) is 1. The first kappa shape index (κ1) is 26.9. The van der Waals surface area contributed by atoms with Crippen LogP contribution in [0.3, 0.4) is 0 Å². The average molecular weight is 562 g/mol. The first-order chi connectivity index (χ1) is 17.6. The van der Waals surface area contributed by atoms with E-state index >= 15 is 0 Å². The van der Waals surface area contributed by atoms with Gasteiger partial charge in [0.05, 0.1) is 35.1 Å². The minimum Gasteiger partial charge on any atom is -0.477 e. The van der Waals surface area contributed by atoms with Crippen molar-refractivity contribution in [2.45, 2.75) is 19.2 Å². The van der Waals surface area contributed by atoms with E-state index in [1.807, 2.05) is 30.3 Å². The summed E-state index contributed by atoms with van der Waals surface area (Å²) in [5.74, 6) is -0.522. The number of nitrogens with zero attached hydrogens (tertiary/aromatic N) is 2. The van der Waals surface area contributed by atoms with Gasteiger partial charge in [-0.2, -0.15) is 4.31 Å². The van der Waals surface area contributed by atoms with Crippen molar-refractivity contribution < 1.29 is 22.7 Å². The summed E-state index contributed by atoms with van der Waals surface area (Å²) < 4.78 is 32.0. The van der Waals surface area contributed by atoms with Crippen molar-refractivity contribution in [1.82, 2.24) is 9.62 Å². The standard InChI is InChI=1S/C26H25Cl2N3O5S/c1-37(34,35)30(15-19-11-12-20(27)21(28)13-19)17-25(32)31-16-24(36-23-10-6-5-9-22(23)31)26(33)29-14-18-7-3-2-4-8-18/h2-13,24H,14-17H2,1H3,(H,29,33)/t24-/m1/s1. The first-order valence-corrected chi connectivity index (χ1v) is 14.0. The number of carbonyl (C=O) groups excluding carboxylic acids is 2. The topological polar surface area (TPSA) is 96.0 Å². The zero-order chi connectivity index (χ0) is 26.6. The molecule has 0 saturated heterocycles. The van der Waals surface area contributed by atoms with Crippen LogP contribution in [0.25, 0.3) is 0 Å². The van der Waals surface area contributed by atoms with Gasteiger partial charge in [0.25, 0.3) is 5.91 Å². The van der Waals surface area contributed by atoms with Crippen LogP contribution in [-0.4, -0.2) is 50.0 Å². The molecule has 1 heterocycles. The number of amides is 2. The lowest BCUT2D eigenvalue weighted by Crippen LogP contribution is -2.52. The van der Waals surface area contributed by atoms with Crippen LogP contribution in [0.4, 0.5) is 5.69 Å². The maximum Gasteiger partial charge on any atom is 0.263 e. The summed E-state index contributed by atoms with van der Waals surface area (Å²) in [6, 6.07) is 21.0. The zero-order valence-corrected chi connectivity index (χ0v) is 22.3. The van der Waals surface area contributed by atoms with Crippen molar-refractivity contribution in [3.8, 4) is 5.75 Å². The highest BCUT2D eigenvalue weighted by molar-refractivity contribution is 7.88. The van der Waals surface area contributed by atoms with Gasteiger partial charge in [-0.25, -0.2) is 8.42 Å². The summed E-state index contributed by atoms with van der Waals surface area (Å²) in [5, 5.41) is 3.46. The van der Waals surface area contributed by atoms with Crippen LogP contribution in [0.5, 0.6) is 5.75 Å². The third-order valence-corrected chi connectivity index (χ3v) is 7.74. The fraction of sp³-hybridized carbons (Fsp3) is 0.231. The van der Waals surface area contributed by atoms with Crippen molar-refractivity contribution in [2.24, 2.45) is 0 Å². The summed E-state index contributed by atoms with van der Waals surface area (Å²) >= 11 is 12.0. The minimum atomic E-state index is -3.77. The molecule has 1 aliphatic rings. The normalized spacial score (nSPS) is 15.1. The Morgan fingerprint density at radius 2 is 1.70 bits per heavy atom. The van der Waals surface area contributed by atoms with Gasteiger partial charge in [-0.05, 0) is 35.4 Å². The Labute approximate surface area is 225 Å². The Kier molecular flexibility index (Phi) is 8.39. The lowest BCUT2D eigenvalue weighted by molar-refractivity contribution is -0.128. The van der Waals surface area contributed by atoms with E-state index in [4.69, 9.17) is 27.9 Å². The smallest absolute Gasteiger partial charge is 0.263 e. The fourth-order valence-electron chi connectivity index (χ4n) is 3.87. The van der Waals surface area contributed by atoms with Gasteiger partial charge in [-0.1, -0.05) is 71.7 Å². The van der Waals surface area contributed by atoms with Crippen molar-refractivity contribution >= 4 is 50.7 Å². The van der Waals surface area contributed by atoms with Gasteiger partial charge < -0.3 is 15.0 Å². The van der Waals surface area contributed by atoms with Crippen molar-refractivity contribution in [1.29, 1.82) is 0 Å². The first-order valence-electron chi connectivity index (χ1n) is 11.4. The third-order valence-electron chi connectivity index (χ3n) is 5.80. The molecule has 1 N–H and O–H groups in total. The maximum absolute atomic E-state index is 13.5. The number of sulfonamides is 1. The predicted molar refractivity (Wildman–Crippen MR) is 143 cm³/mol. The summed E-state index contributed by atoms with van der Waals surface area (Å²) in [5.41, 5.74) is 1.96. The molecule has 3 aromatic rings. The molecule has 4 rings (SSSR count). The van der Waals surface area contributed by atoms with Crippen molar-refractivity contribution in [2.75, 3.05) is 24.2 Å². The van der Waals surface area contributed by atoms with E-state index in [0.717, 1.165) is 16.1 Å². The molecule has 11 heteroatoms. The van der Waals surface area contributed by atoms with E-state index in [2.05, 4.69) is 5.32 Å². The summed E-state index contributed by atoms with van der Waals surface area (Å²) in [6.07, 6.45) is 0.0644. The van der Waals surface area contributed by atoms with Crippen LogP contribution < -0.4 is 15.0 Å². The summed E-state index contributed by atoms with van der Waals surface area (Å²) in [7, 11) is -3.77. The molecule has 0 fully saturated rings. The molecular weight excluding hydrogens is 537 g/mol. The molecule has 1 aliphatic heterocycles. The molecule has 37 heavy (non-hydrogen) atoms. The van der Waals surface area contributed by atoms with Gasteiger partial charge >= 0.3 is 0 Å². The van der Waals surface area contributed by atoms with Gasteiger partial charge in [0.1, 0.15) is 5.75 Å². The molecule has 1 atom stereocenters. The Bertz CT molecular complexity index is 1400. The number of benzene rings is 3. The number of nitrogens with one attached hydrogen (secondary N) is 1. The van der Waals surface area contributed by atoms with E-state index in [-0.39, 0.29) is 24.0 Å². The molecule has 0 aromatic heterocycles. The quantitative estimate of drug-likeness (QED) is 0.450. The molecule has 0 unspecified atom stereocenters. The molecule has 8 nitrogen and oxygen atoms in total. The second kappa shape index (κ2) is 11.5. The molecule has 0 aliphatic carbocycles. The molecule has 194 valence electrons. The van der Waals surface area contributed by atoms with Crippen molar-refractivity contribution in [3.05, 3.63) is 94.0 Å². The molecule has 0 spiro atoms. The van der Waals surface area contributed by atoms with Crippen LogP contribution in [0.15, 0.2) is 72.8 Å². The minimum absolute atomic E-state index is 0.0686. The molecule has 0 saturated carbocycles. The van der Waals surface area contributed by atoms with Crippen LogP contribution in [0.2, 0.25) is 10.0 Å². The second-order valence-electron chi connectivity index (χ2n) is 8.56. The van der Waals surface area contributed by atoms with Gasteiger partial charge in [0, 0.05) is 13.1 Å². The number of rotatable bonds is 8. The Morgan fingerprint density at radius 3 is 2.41 bits per heavy atom. The zero-order valence-electron chi connectivity index (χ0n) is 19.9. The van der Waals surface area contributed by atoms with Crippen molar-refractivity contribution in [3.63, 3.8) is 0 Å². The van der Waals surface area contributed by atoms with E-state index < -0.39 is 28.6 Å². The Hall–Kier alpha value is -3.11. The molecule has 3 aromatic carbocycles. The SMILES string of the molecule is CS(=O)(=O)N(CC(=O)N1C[C@H](C(=O)NCc2ccccc2)Oc2ccccc21)Cc1ccc(Cl)c(Cl)c1. The number of anilines is 1. The summed E-state index contributed by atoms with van der Waals surface area (Å²) in [4.78, 5) is 27.8. The monoisotopic (exact) mass is 561 g/mol. The Morgan fingerprint density at radius 1 is 1.00 bits per heavy atom.